The first-order valence-electron chi connectivity index (χ1n) is 2.47. The Morgan fingerprint density at radius 1 is 1.62 bits per heavy atom. The van der Waals surface area contributed by atoms with Crippen molar-refractivity contribution in [3.05, 3.63) is 0 Å². The highest BCUT2D eigenvalue weighted by Crippen LogP contribution is 1.83. The molecule has 0 unspecified atom stereocenters. The lowest BCUT2D eigenvalue weighted by atomic mass is 10.4. The van der Waals surface area contributed by atoms with E-state index in [1.165, 1.54) is 0 Å². The number of ether oxygens (including phenoxy) is 1. The molecule has 50 valence electrons. The van der Waals surface area contributed by atoms with Crippen molar-refractivity contribution < 1.29 is 9.53 Å². The third-order valence-electron chi connectivity index (χ3n) is 0.684. The van der Waals surface area contributed by atoms with Gasteiger partial charge in [-0.1, -0.05) is 13.3 Å². The molecule has 0 amide bonds. The summed E-state index contributed by atoms with van der Waals surface area (Å²) < 4.78 is 4.39. The topological polar surface area (TPSA) is 26.3 Å². The highest BCUT2D eigenvalue weighted by Gasteiger charge is 1.78. The van der Waals surface area contributed by atoms with E-state index in [2.05, 4.69) is 4.74 Å². The van der Waals surface area contributed by atoms with Crippen LogP contribution < -0.4 is 0 Å². The molecule has 0 spiro atoms. The maximum absolute atomic E-state index is 9.46. The van der Waals surface area contributed by atoms with Gasteiger partial charge in [-0.15, -0.1) is 12.4 Å². The number of unbranched alkanes of at least 4 members (excludes halogenated alkanes) is 1. The van der Waals surface area contributed by atoms with E-state index in [0.29, 0.717) is 13.1 Å². The van der Waals surface area contributed by atoms with Crippen LogP contribution in [0.15, 0.2) is 0 Å². The van der Waals surface area contributed by atoms with Crippen LogP contribution in [0.5, 0.6) is 0 Å². The third-order valence-corrected chi connectivity index (χ3v) is 0.684. The lowest BCUT2D eigenvalue weighted by Crippen LogP contribution is -1.88. The van der Waals surface area contributed by atoms with Gasteiger partial charge in [0.1, 0.15) is 0 Å². The zero-order chi connectivity index (χ0) is 5.54. The molecule has 0 atom stereocenters. The lowest BCUT2D eigenvalue weighted by molar-refractivity contribution is -0.128. The average Bonchev–Trinajstić information content (AvgIpc) is 1.69. The smallest absolute Gasteiger partial charge is 0.293 e. The van der Waals surface area contributed by atoms with E-state index in [-0.39, 0.29) is 12.4 Å². The normalized spacial score (nSPS) is 7.12. The zero-order valence-electron chi connectivity index (χ0n) is 4.92. The summed E-state index contributed by atoms with van der Waals surface area (Å²) in [6.07, 6.45) is 2.05. The predicted molar refractivity (Wildman–Crippen MR) is 34.2 cm³/mol. The molecule has 3 heteroatoms. The van der Waals surface area contributed by atoms with E-state index in [0.717, 1.165) is 12.8 Å². The van der Waals surface area contributed by atoms with Crippen LogP contribution in [0.25, 0.3) is 0 Å². The Morgan fingerprint density at radius 2 is 2.25 bits per heavy atom. The van der Waals surface area contributed by atoms with Gasteiger partial charge >= 0.3 is 0 Å². The van der Waals surface area contributed by atoms with Crippen molar-refractivity contribution in [2.45, 2.75) is 19.8 Å². The minimum Gasteiger partial charge on any atom is -0.468 e. The van der Waals surface area contributed by atoms with Crippen molar-refractivity contribution in [2.24, 2.45) is 0 Å². The van der Waals surface area contributed by atoms with Gasteiger partial charge < -0.3 is 4.74 Å². The van der Waals surface area contributed by atoms with Crippen molar-refractivity contribution in [1.82, 2.24) is 0 Å². The minimum absolute atomic E-state index is 0. The fraction of sp³-hybridized carbons (Fsp3) is 0.800. The number of hydrogen-bond acceptors (Lipinski definition) is 2. The number of carbonyl (C=O) groups excluding carboxylic acids is 1. The summed E-state index contributed by atoms with van der Waals surface area (Å²) in [4.78, 5) is 9.46. The van der Waals surface area contributed by atoms with E-state index >= 15 is 0 Å². The maximum Gasteiger partial charge on any atom is 0.293 e. The molecule has 0 aliphatic carbocycles. The van der Waals surface area contributed by atoms with E-state index in [1.54, 1.807) is 0 Å². The molecular weight excluding hydrogens is 128 g/mol. The van der Waals surface area contributed by atoms with Crippen molar-refractivity contribution in [1.29, 1.82) is 0 Å². The van der Waals surface area contributed by atoms with Gasteiger partial charge in [0.05, 0.1) is 6.61 Å². The summed E-state index contributed by atoms with van der Waals surface area (Å²) in [5, 5.41) is 0. The monoisotopic (exact) mass is 138 g/mol. The number of carbonyl (C=O) groups is 1. The fourth-order valence-electron chi connectivity index (χ4n) is 0.276. The molecule has 2 nitrogen and oxygen atoms in total. The Hall–Kier alpha value is -0.240. The van der Waals surface area contributed by atoms with Gasteiger partial charge in [-0.05, 0) is 6.42 Å². The Bertz CT molecular complexity index is 47.7. The van der Waals surface area contributed by atoms with Gasteiger partial charge in [0.25, 0.3) is 6.47 Å². The van der Waals surface area contributed by atoms with Crippen LogP contribution in [-0.4, -0.2) is 13.1 Å². The highest BCUT2D eigenvalue weighted by molar-refractivity contribution is 5.85. The van der Waals surface area contributed by atoms with E-state index in [4.69, 9.17) is 0 Å². The molecule has 0 fully saturated rings. The van der Waals surface area contributed by atoms with Crippen LogP contribution >= 0.6 is 12.4 Å². The van der Waals surface area contributed by atoms with Crippen LogP contribution in [0.1, 0.15) is 19.8 Å². The highest BCUT2D eigenvalue weighted by atomic mass is 35.5. The van der Waals surface area contributed by atoms with Gasteiger partial charge in [0.15, 0.2) is 0 Å². The molecule has 0 saturated carbocycles. The first-order chi connectivity index (χ1) is 3.41. The number of halogens is 1. The van der Waals surface area contributed by atoms with Crippen LogP contribution in [0.2, 0.25) is 0 Å². The maximum atomic E-state index is 9.46. The van der Waals surface area contributed by atoms with Gasteiger partial charge in [-0.25, -0.2) is 0 Å². The van der Waals surface area contributed by atoms with Gasteiger partial charge in [-0.2, -0.15) is 0 Å². The van der Waals surface area contributed by atoms with Gasteiger partial charge in [0, 0.05) is 0 Å². The second-order valence-electron chi connectivity index (χ2n) is 1.32. The molecule has 0 rings (SSSR count). The van der Waals surface area contributed by atoms with Crippen molar-refractivity contribution in [2.75, 3.05) is 6.61 Å². The number of hydrogen-bond donors (Lipinski definition) is 0. The zero-order valence-corrected chi connectivity index (χ0v) is 5.74. The molecule has 0 aliphatic heterocycles. The van der Waals surface area contributed by atoms with E-state index < -0.39 is 0 Å². The molecule has 0 aromatic rings. The number of rotatable bonds is 4. The van der Waals surface area contributed by atoms with Gasteiger partial charge in [0.2, 0.25) is 0 Å². The second kappa shape index (κ2) is 9.90. The van der Waals surface area contributed by atoms with Crippen LogP contribution in [0.3, 0.4) is 0 Å². The molecular formula is C5H11ClO2. The van der Waals surface area contributed by atoms with Gasteiger partial charge in [-0.3, -0.25) is 4.79 Å². The Kier molecular flexibility index (Phi) is 13.2. The van der Waals surface area contributed by atoms with Crippen molar-refractivity contribution >= 4 is 18.9 Å². The largest absolute Gasteiger partial charge is 0.468 e. The molecule has 0 aromatic heterocycles. The Morgan fingerprint density at radius 3 is 2.62 bits per heavy atom. The molecule has 0 bridgehead atoms. The Labute approximate surface area is 55.6 Å². The second-order valence-corrected chi connectivity index (χ2v) is 1.32. The first-order valence-corrected chi connectivity index (χ1v) is 2.47. The lowest BCUT2D eigenvalue weighted by Gasteiger charge is -1.90. The minimum atomic E-state index is 0. The van der Waals surface area contributed by atoms with Crippen LogP contribution in [0, 0.1) is 0 Å². The molecule has 8 heavy (non-hydrogen) atoms. The summed E-state index contributed by atoms with van der Waals surface area (Å²) >= 11 is 0. The molecule has 0 heterocycles. The van der Waals surface area contributed by atoms with E-state index in [1.807, 2.05) is 6.92 Å². The quantitative estimate of drug-likeness (QED) is 0.434. The molecule has 0 radical (unpaired) electrons. The molecule has 0 N–H and O–H groups in total. The summed E-state index contributed by atoms with van der Waals surface area (Å²) in [5.41, 5.74) is 0. The average molecular weight is 139 g/mol. The van der Waals surface area contributed by atoms with E-state index in [9.17, 15) is 4.79 Å². The summed E-state index contributed by atoms with van der Waals surface area (Å²) in [7, 11) is 0. The van der Waals surface area contributed by atoms with Crippen LogP contribution in [-0.2, 0) is 9.53 Å². The SMILES string of the molecule is CCCCOC=O.Cl. The van der Waals surface area contributed by atoms with Crippen molar-refractivity contribution in [3.63, 3.8) is 0 Å². The standard InChI is InChI=1S/C5H10O2.ClH/c1-2-3-4-7-5-6;/h5H,2-4H2,1H3;1H. The summed E-state index contributed by atoms with van der Waals surface area (Å²) in [6, 6.07) is 0. The summed E-state index contributed by atoms with van der Waals surface area (Å²) in [6.45, 7) is 3.10. The molecule has 0 saturated heterocycles. The van der Waals surface area contributed by atoms with Crippen LogP contribution in [0.4, 0.5) is 0 Å². The third kappa shape index (κ3) is 9.23. The summed E-state index contributed by atoms with van der Waals surface area (Å²) in [5.74, 6) is 0. The van der Waals surface area contributed by atoms with Crippen molar-refractivity contribution in [3.8, 4) is 0 Å². The fourth-order valence-corrected chi connectivity index (χ4v) is 0.276. The molecule has 0 aliphatic rings. The first kappa shape index (κ1) is 10.7. The predicted octanol–water partition coefficient (Wildman–Crippen LogP) is 1.38. The Balaban J connectivity index is 0. The molecule has 0 aromatic carbocycles.